The third kappa shape index (κ3) is 67.0. The van der Waals surface area contributed by atoms with Gasteiger partial charge in [-0.3, -0.25) is 14.4 Å². The van der Waals surface area contributed by atoms with Gasteiger partial charge in [-0.1, -0.05) is 317 Å². The maximum Gasteiger partial charge on any atom is 0.306 e. The largest absolute Gasteiger partial charge is 0.462 e. The maximum absolute atomic E-state index is 12.9. The molecule has 0 heterocycles. The molecule has 1 atom stereocenters. The van der Waals surface area contributed by atoms with E-state index in [4.69, 9.17) is 14.2 Å². The minimum atomic E-state index is -0.780. The van der Waals surface area contributed by atoms with E-state index in [1.807, 2.05) is 0 Å². The first-order chi connectivity index (χ1) is 40.0. The van der Waals surface area contributed by atoms with Crippen molar-refractivity contribution in [2.75, 3.05) is 13.2 Å². The van der Waals surface area contributed by atoms with Crippen molar-refractivity contribution in [3.63, 3.8) is 0 Å². The summed E-state index contributed by atoms with van der Waals surface area (Å²) in [5.41, 5.74) is 0. The first-order valence-electron chi connectivity index (χ1n) is 34.7. The molecule has 0 N–H and O–H groups in total. The van der Waals surface area contributed by atoms with Gasteiger partial charge in [-0.2, -0.15) is 0 Å². The van der Waals surface area contributed by atoms with Crippen LogP contribution < -0.4 is 0 Å². The predicted molar refractivity (Wildman–Crippen MR) is 353 cm³/mol. The number of esters is 3. The summed E-state index contributed by atoms with van der Waals surface area (Å²) in [6.07, 6.45) is 92.8. The molecule has 0 radical (unpaired) electrons. The molecule has 0 aromatic rings. The lowest BCUT2D eigenvalue weighted by Gasteiger charge is -2.18. The van der Waals surface area contributed by atoms with E-state index in [1.54, 1.807) is 0 Å². The molecule has 0 bridgehead atoms. The van der Waals surface area contributed by atoms with Gasteiger partial charge in [0.1, 0.15) is 13.2 Å². The monoisotopic (exact) mass is 1130 g/mol. The average Bonchev–Trinajstić information content (AvgIpc) is 3.47. The summed E-state index contributed by atoms with van der Waals surface area (Å²) in [7, 11) is 0. The van der Waals surface area contributed by atoms with Crippen LogP contribution in [-0.2, 0) is 28.6 Å². The molecule has 0 aromatic carbocycles. The Bertz CT molecular complexity index is 1580. The Morgan fingerprint density at radius 3 is 0.753 bits per heavy atom. The zero-order valence-electron chi connectivity index (χ0n) is 53.5. The van der Waals surface area contributed by atoms with Gasteiger partial charge in [0.05, 0.1) is 0 Å². The van der Waals surface area contributed by atoms with Crippen molar-refractivity contribution in [2.45, 2.75) is 348 Å². The molecule has 0 spiro atoms. The molecule has 1 unspecified atom stereocenters. The van der Waals surface area contributed by atoms with Gasteiger partial charge in [-0.15, -0.1) is 0 Å². The SMILES string of the molecule is CC/C=C\C/C=C\C/C=C\C/C=C\C/C=C\C/C=C\CCCCCCCCCCCCC(=O)OCC(COC(=O)CCCCCCCCCCCCC)OC(=O)CCCCCCCCCCCCC/C=C\C/C=C\CCCCCCC. The highest BCUT2D eigenvalue weighted by Crippen LogP contribution is 2.17. The molecule has 81 heavy (non-hydrogen) atoms. The van der Waals surface area contributed by atoms with Crippen LogP contribution in [-0.4, -0.2) is 37.2 Å². The number of carbonyl (C=O) groups is 3. The molecule has 0 aliphatic carbocycles. The third-order valence-corrected chi connectivity index (χ3v) is 15.1. The molecular weight excluding hydrogens is 997 g/mol. The number of allylic oxidation sites excluding steroid dienone is 16. The van der Waals surface area contributed by atoms with Crippen molar-refractivity contribution >= 4 is 17.9 Å². The van der Waals surface area contributed by atoms with Crippen LogP contribution in [0, 0.1) is 0 Å². The molecule has 0 aliphatic heterocycles. The van der Waals surface area contributed by atoms with Crippen molar-refractivity contribution in [2.24, 2.45) is 0 Å². The highest BCUT2D eigenvalue weighted by atomic mass is 16.6. The van der Waals surface area contributed by atoms with Crippen molar-refractivity contribution < 1.29 is 28.6 Å². The molecule has 0 saturated carbocycles. The summed E-state index contributed by atoms with van der Waals surface area (Å²) in [4.78, 5) is 38.4. The van der Waals surface area contributed by atoms with Gasteiger partial charge in [0.2, 0.25) is 0 Å². The molecule has 0 amide bonds. The number of rotatable bonds is 63. The Hall–Kier alpha value is -3.67. The van der Waals surface area contributed by atoms with Gasteiger partial charge in [-0.05, 0) is 103 Å². The van der Waals surface area contributed by atoms with Crippen LogP contribution in [0.15, 0.2) is 97.2 Å². The quantitative estimate of drug-likeness (QED) is 0.0261. The Morgan fingerprint density at radius 1 is 0.259 bits per heavy atom. The molecule has 0 aliphatic rings. The number of unbranched alkanes of at least 4 members (excludes halogenated alkanes) is 36. The molecule has 466 valence electrons. The van der Waals surface area contributed by atoms with Crippen LogP contribution in [0.4, 0.5) is 0 Å². The average molecular weight is 1130 g/mol. The molecule has 6 nitrogen and oxygen atoms in total. The van der Waals surface area contributed by atoms with Gasteiger partial charge in [0.15, 0.2) is 6.10 Å². The van der Waals surface area contributed by atoms with Gasteiger partial charge in [0.25, 0.3) is 0 Å². The van der Waals surface area contributed by atoms with E-state index in [2.05, 4.69) is 118 Å². The van der Waals surface area contributed by atoms with Crippen LogP contribution in [0.25, 0.3) is 0 Å². The molecule has 0 aromatic heterocycles. The fourth-order valence-corrected chi connectivity index (χ4v) is 9.89. The lowest BCUT2D eigenvalue weighted by atomic mass is 10.0. The Balaban J connectivity index is 4.25. The number of hydrogen-bond acceptors (Lipinski definition) is 6. The minimum Gasteiger partial charge on any atom is -0.462 e. The number of ether oxygens (including phenoxy) is 3. The van der Waals surface area contributed by atoms with Crippen LogP contribution in [0.5, 0.6) is 0 Å². The third-order valence-electron chi connectivity index (χ3n) is 15.1. The van der Waals surface area contributed by atoms with Crippen LogP contribution >= 0.6 is 0 Å². The second-order valence-electron chi connectivity index (χ2n) is 23.1. The van der Waals surface area contributed by atoms with E-state index in [0.29, 0.717) is 19.3 Å². The standard InChI is InChI=1S/C75H130O6/c1-4-7-10-13-16-19-22-24-26-28-30-32-34-35-36-37-38-39-41-42-44-46-48-50-53-56-59-62-65-68-74(77)80-71-72(70-79-73(76)67-64-61-58-55-52-21-18-15-12-9-6-3)81-75(78)69-66-63-60-57-54-51-49-47-45-43-40-33-31-29-27-25-23-20-17-14-11-8-5-2/h7,10,16,19,23-26,29-32,35-36,38-39,72H,4-6,8-9,11-15,17-18,20-22,27-28,33-34,37,40-71H2,1-3H3/b10-7-,19-16-,25-23-,26-24-,31-29-,32-30-,36-35-,39-38-. The van der Waals surface area contributed by atoms with Crippen LogP contribution in [0.2, 0.25) is 0 Å². The highest BCUT2D eigenvalue weighted by molar-refractivity contribution is 5.71. The van der Waals surface area contributed by atoms with E-state index >= 15 is 0 Å². The lowest BCUT2D eigenvalue weighted by Crippen LogP contribution is -2.30. The van der Waals surface area contributed by atoms with Crippen molar-refractivity contribution in [1.29, 1.82) is 0 Å². The first-order valence-corrected chi connectivity index (χ1v) is 34.7. The van der Waals surface area contributed by atoms with Crippen molar-refractivity contribution in [1.82, 2.24) is 0 Å². The van der Waals surface area contributed by atoms with E-state index < -0.39 is 6.10 Å². The predicted octanol–water partition coefficient (Wildman–Crippen LogP) is 24.0. The zero-order chi connectivity index (χ0) is 58.5. The highest BCUT2D eigenvalue weighted by Gasteiger charge is 2.19. The van der Waals surface area contributed by atoms with E-state index in [1.165, 1.54) is 199 Å². The van der Waals surface area contributed by atoms with Gasteiger partial charge in [-0.25, -0.2) is 0 Å². The Labute approximate surface area is 502 Å². The zero-order valence-corrected chi connectivity index (χ0v) is 53.5. The second-order valence-corrected chi connectivity index (χ2v) is 23.1. The molecule has 0 fully saturated rings. The lowest BCUT2D eigenvalue weighted by molar-refractivity contribution is -0.167. The molecule has 0 saturated heterocycles. The topological polar surface area (TPSA) is 78.9 Å². The summed E-state index contributed by atoms with van der Waals surface area (Å²) in [6.45, 7) is 6.54. The summed E-state index contributed by atoms with van der Waals surface area (Å²) >= 11 is 0. The van der Waals surface area contributed by atoms with E-state index in [0.717, 1.165) is 103 Å². The summed E-state index contributed by atoms with van der Waals surface area (Å²) < 4.78 is 17.0. The second kappa shape index (κ2) is 68.8. The van der Waals surface area contributed by atoms with Gasteiger partial charge < -0.3 is 14.2 Å². The Morgan fingerprint density at radius 2 is 0.481 bits per heavy atom. The fourth-order valence-electron chi connectivity index (χ4n) is 9.89. The van der Waals surface area contributed by atoms with E-state index in [-0.39, 0.29) is 31.1 Å². The summed E-state index contributed by atoms with van der Waals surface area (Å²) in [6, 6.07) is 0. The Kier molecular flexibility index (Phi) is 65.7. The molecule has 0 rings (SSSR count). The number of carbonyl (C=O) groups excluding carboxylic acids is 3. The van der Waals surface area contributed by atoms with Crippen molar-refractivity contribution in [3.8, 4) is 0 Å². The van der Waals surface area contributed by atoms with Crippen LogP contribution in [0.3, 0.4) is 0 Å². The summed E-state index contributed by atoms with van der Waals surface area (Å²) in [5, 5.41) is 0. The summed E-state index contributed by atoms with van der Waals surface area (Å²) in [5.74, 6) is -0.868. The van der Waals surface area contributed by atoms with Crippen molar-refractivity contribution in [3.05, 3.63) is 97.2 Å². The fraction of sp³-hybridized carbons (Fsp3) is 0.747. The number of hydrogen-bond donors (Lipinski definition) is 0. The first kappa shape index (κ1) is 77.3. The molecule has 6 heteroatoms. The van der Waals surface area contributed by atoms with Gasteiger partial charge >= 0.3 is 17.9 Å². The van der Waals surface area contributed by atoms with Crippen LogP contribution in [0.1, 0.15) is 342 Å². The minimum absolute atomic E-state index is 0.0758. The molecular formula is C75H130O6. The maximum atomic E-state index is 12.9. The normalized spacial score (nSPS) is 12.7. The smallest absolute Gasteiger partial charge is 0.306 e. The van der Waals surface area contributed by atoms with Gasteiger partial charge in [0, 0.05) is 19.3 Å². The van der Waals surface area contributed by atoms with E-state index in [9.17, 15) is 14.4 Å².